The standard InChI is InChI=1S/C25H19Cl2N3O6S.Na/c1-13-10-15(26)12-20(24(13)37(33,34)35)29-30-21-16-7-4-3-6-14(16)11-17(22(21)31)25(32)28-19-9-5-8-18(27)23(19)36-2;/h3-12,31H,1-2H3,(H,28,32)(H,33,34,35);/q;+1/p-1. The Morgan fingerprint density at radius 1 is 1.05 bits per heavy atom. The predicted octanol–water partition coefficient (Wildman–Crippen LogP) is 3.46. The molecule has 0 spiro atoms. The van der Waals surface area contributed by atoms with E-state index < -0.39 is 26.7 Å². The van der Waals surface area contributed by atoms with Crippen LogP contribution in [0.3, 0.4) is 0 Å². The zero-order valence-electron chi connectivity index (χ0n) is 20.3. The van der Waals surface area contributed by atoms with Crippen molar-refractivity contribution in [2.24, 2.45) is 10.2 Å². The molecule has 0 unspecified atom stereocenters. The normalized spacial score (nSPS) is 11.4. The van der Waals surface area contributed by atoms with Crippen LogP contribution >= 0.6 is 23.2 Å². The van der Waals surface area contributed by atoms with Crippen LogP contribution < -0.4 is 44.7 Å². The van der Waals surface area contributed by atoms with Crippen LogP contribution in [0.15, 0.2) is 75.8 Å². The molecule has 0 radical (unpaired) electrons. The van der Waals surface area contributed by atoms with Crippen LogP contribution in [0.25, 0.3) is 10.8 Å². The van der Waals surface area contributed by atoms with Crippen LogP contribution in [0, 0.1) is 6.92 Å². The molecule has 2 N–H and O–H groups in total. The van der Waals surface area contributed by atoms with E-state index in [1.54, 1.807) is 42.5 Å². The van der Waals surface area contributed by atoms with E-state index in [0.717, 1.165) is 0 Å². The third-order valence-corrected chi connectivity index (χ3v) is 6.94. The van der Waals surface area contributed by atoms with Crippen LogP contribution in [-0.2, 0) is 10.1 Å². The Morgan fingerprint density at radius 2 is 1.76 bits per heavy atom. The van der Waals surface area contributed by atoms with Crippen molar-refractivity contribution in [3.05, 3.63) is 81.8 Å². The third kappa shape index (κ3) is 6.13. The Labute approximate surface area is 250 Å². The Balaban J connectivity index is 0.00000400. The van der Waals surface area contributed by atoms with Crippen LogP contribution in [0.5, 0.6) is 11.5 Å². The van der Waals surface area contributed by atoms with Crippen LogP contribution in [0.2, 0.25) is 10.0 Å². The van der Waals surface area contributed by atoms with Gasteiger partial charge in [-0.25, -0.2) is 0 Å². The minimum atomic E-state index is -4.68. The van der Waals surface area contributed by atoms with Gasteiger partial charge in [-0.05, 0) is 48.2 Å². The number of nitrogens with zero attached hydrogens (tertiary/aromatic N) is 2. The number of rotatable bonds is 6. The van der Waals surface area contributed by atoms with Crippen molar-refractivity contribution in [3.63, 3.8) is 0 Å². The van der Waals surface area contributed by atoms with Gasteiger partial charge in [-0.1, -0.05) is 59.3 Å². The number of para-hydroxylation sites is 1. The maximum absolute atomic E-state index is 13.4. The Kier molecular flexibility index (Phi) is 9.43. The number of ether oxygens (including phenoxy) is 1. The molecular formula is C25H18Cl2N3NaO6S. The van der Waals surface area contributed by atoms with Crippen molar-refractivity contribution >= 4 is 67.1 Å². The number of aryl methyl sites for hydroxylation is 1. The number of anilines is 1. The first-order valence-corrected chi connectivity index (χ1v) is 12.8. The zero-order chi connectivity index (χ0) is 26.9. The summed E-state index contributed by atoms with van der Waals surface area (Å²) in [4.78, 5) is 12.6. The third-order valence-electron chi connectivity index (χ3n) is 5.37. The maximum Gasteiger partial charge on any atom is 1.00 e. The largest absolute Gasteiger partial charge is 1.00 e. The van der Waals surface area contributed by atoms with Gasteiger partial charge in [0.2, 0.25) is 0 Å². The molecule has 1 amide bonds. The summed E-state index contributed by atoms with van der Waals surface area (Å²) in [5, 5.41) is 25.3. The molecule has 0 aromatic heterocycles. The summed E-state index contributed by atoms with van der Waals surface area (Å²) in [5.41, 5.74) is -0.329. The van der Waals surface area contributed by atoms with Gasteiger partial charge in [0.05, 0.1) is 23.5 Å². The number of hydrogen-bond acceptors (Lipinski definition) is 7. The molecule has 0 aliphatic rings. The fraction of sp³-hybridized carbons (Fsp3) is 0.0800. The summed E-state index contributed by atoms with van der Waals surface area (Å²) in [6, 6.07) is 15.4. The number of methoxy groups -OCH3 is 1. The molecule has 0 saturated heterocycles. The molecule has 0 saturated carbocycles. The first-order valence-electron chi connectivity index (χ1n) is 10.6. The minimum absolute atomic E-state index is 0. The van der Waals surface area contributed by atoms with Gasteiger partial charge in [0.15, 0.2) is 5.75 Å². The summed E-state index contributed by atoms with van der Waals surface area (Å²) >= 11 is 12.2. The molecule has 0 heterocycles. The molecule has 0 fully saturated rings. The number of halogens is 2. The SMILES string of the molecule is COc1c(Cl)cccc1NC(=O)c1cc2ccccc2c(N=Nc2cc(Cl)cc(C)c2S(=O)(=O)O)c1[O-].[Na+]. The van der Waals surface area contributed by atoms with E-state index in [9.17, 15) is 22.9 Å². The van der Waals surface area contributed by atoms with Crippen LogP contribution in [0.4, 0.5) is 17.1 Å². The average Bonchev–Trinajstić information content (AvgIpc) is 2.82. The molecule has 0 aliphatic carbocycles. The van der Waals surface area contributed by atoms with Crippen molar-refractivity contribution in [2.45, 2.75) is 11.8 Å². The van der Waals surface area contributed by atoms with Gasteiger partial charge in [0.25, 0.3) is 16.0 Å². The Morgan fingerprint density at radius 3 is 2.45 bits per heavy atom. The van der Waals surface area contributed by atoms with Crippen molar-refractivity contribution < 1.29 is 57.2 Å². The van der Waals surface area contributed by atoms with Gasteiger partial charge < -0.3 is 15.2 Å². The topological polar surface area (TPSA) is 140 Å². The fourth-order valence-corrected chi connectivity index (χ4v) is 5.16. The van der Waals surface area contributed by atoms with Gasteiger partial charge in [0, 0.05) is 16.0 Å². The predicted molar refractivity (Wildman–Crippen MR) is 140 cm³/mol. The van der Waals surface area contributed by atoms with Crippen LogP contribution in [0.1, 0.15) is 15.9 Å². The molecule has 38 heavy (non-hydrogen) atoms. The van der Waals surface area contributed by atoms with Crippen molar-refractivity contribution in [1.82, 2.24) is 0 Å². The number of hydrogen-bond donors (Lipinski definition) is 2. The van der Waals surface area contributed by atoms with Crippen molar-refractivity contribution in [3.8, 4) is 11.5 Å². The number of carbonyl (C=O) groups is 1. The number of carbonyl (C=O) groups excluding carboxylic acids is 1. The fourth-order valence-electron chi connectivity index (χ4n) is 3.81. The summed E-state index contributed by atoms with van der Waals surface area (Å²) < 4.78 is 38.8. The van der Waals surface area contributed by atoms with Crippen molar-refractivity contribution in [2.75, 3.05) is 12.4 Å². The number of nitrogens with one attached hydrogen (secondary N) is 1. The molecule has 0 bridgehead atoms. The van der Waals surface area contributed by atoms with E-state index in [0.29, 0.717) is 10.8 Å². The van der Waals surface area contributed by atoms with Gasteiger partial charge in [-0.3, -0.25) is 9.35 Å². The number of benzene rings is 4. The molecular weight excluding hydrogens is 564 g/mol. The first kappa shape index (κ1) is 29.9. The molecule has 190 valence electrons. The molecule has 0 atom stereocenters. The van der Waals surface area contributed by atoms with E-state index in [1.165, 1.54) is 32.2 Å². The summed E-state index contributed by atoms with van der Waals surface area (Å²) in [6.45, 7) is 1.43. The maximum atomic E-state index is 13.4. The Hall–Kier alpha value is -2.70. The molecule has 4 aromatic rings. The molecule has 9 nitrogen and oxygen atoms in total. The van der Waals surface area contributed by atoms with E-state index in [1.807, 2.05) is 0 Å². The molecule has 4 rings (SSSR count). The summed E-state index contributed by atoms with van der Waals surface area (Å²) in [7, 11) is -3.29. The minimum Gasteiger partial charge on any atom is -0.870 e. The van der Waals surface area contributed by atoms with E-state index in [-0.39, 0.29) is 73.5 Å². The second-order valence-corrected chi connectivity index (χ2v) is 10.0. The van der Waals surface area contributed by atoms with Crippen LogP contribution in [-0.4, -0.2) is 26.0 Å². The van der Waals surface area contributed by atoms with Gasteiger partial charge in [-0.15, -0.1) is 5.11 Å². The summed E-state index contributed by atoms with van der Waals surface area (Å²) in [5.74, 6) is -1.28. The second-order valence-electron chi connectivity index (χ2n) is 7.84. The van der Waals surface area contributed by atoms with Gasteiger partial charge in [-0.2, -0.15) is 13.5 Å². The van der Waals surface area contributed by atoms with E-state index in [4.69, 9.17) is 27.9 Å². The smallest absolute Gasteiger partial charge is 0.870 e. The average molecular weight is 582 g/mol. The first-order chi connectivity index (χ1) is 17.5. The molecule has 13 heteroatoms. The zero-order valence-corrected chi connectivity index (χ0v) is 24.6. The molecule has 0 aliphatic heterocycles. The van der Waals surface area contributed by atoms with Crippen molar-refractivity contribution in [1.29, 1.82) is 0 Å². The van der Waals surface area contributed by atoms with Gasteiger partial charge >= 0.3 is 29.6 Å². The summed E-state index contributed by atoms with van der Waals surface area (Å²) in [6.07, 6.45) is 0. The monoisotopic (exact) mass is 581 g/mol. The molecule has 4 aromatic carbocycles. The number of fused-ring (bicyclic) bond motifs is 1. The number of amides is 1. The van der Waals surface area contributed by atoms with E-state index in [2.05, 4.69) is 15.5 Å². The Bertz CT molecular complexity index is 1700. The second kappa shape index (κ2) is 12.0. The van der Waals surface area contributed by atoms with Gasteiger partial charge in [0.1, 0.15) is 10.6 Å². The quantitative estimate of drug-likeness (QED) is 0.203. The van der Waals surface area contributed by atoms with E-state index >= 15 is 0 Å². The number of azo groups is 1.